The van der Waals surface area contributed by atoms with E-state index in [9.17, 15) is 4.79 Å². The fourth-order valence-electron chi connectivity index (χ4n) is 1.32. The van der Waals surface area contributed by atoms with Crippen molar-refractivity contribution in [1.82, 2.24) is 14.6 Å². The Balaban J connectivity index is 2.57. The van der Waals surface area contributed by atoms with Gasteiger partial charge in [-0.05, 0) is 6.07 Å². The molecule has 0 aliphatic heterocycles. The van der Waals surface area contributed by atoms with Crippen LogP contribution in [-0.4, -0.2) is 20.5 Å². The number of carbonyl (C=O) groups excluding carboxylic acids is 1. The number of aromatic nitrogens is 3. The number of carbonyl (C=O) groups is 1. The Morgan fingerprint density at radius 1 is 1.53 bits per heavy atom. The van der Waals surface area contributed by atoms with E-state index in [1.165, 1.54) is 0 Å². The second kappa shape index (κ2) is 3.34. The molecule has 0 fully saturated rings. The second-order valence-corrected chi connectivity index (χ2v) is 3.73. The van der Waals surface area contributed by atoms with Crippen molar-refractivity contribution < 1.29 is 4.79 Å². The standard InChI is InChI=1S/C10H12N4O/c1-6(2)10-12-4-8-3-7(9(11)15)5-14(8)13-10/h3-6H,1-2H3,(H2,11,15). The number of rotatable bonds is 2. The monoisotopic (exact) mass is 204 g/mol. The number of fused-ring (bicyclic) bond motifs is 1. The molecular weight excluding hydrogens is 192 g/mol. The largest absolute Gasteiger partial charge is 0.366 e. The minimum Gasteiger partial charge on any atom is -0.366 e. The molecule has 2 aromatic heterocycles. The van der Waals surface area contributed by atoms with Crippen LogP contribution < -0.4 is 5.73 Å². The summed E-state index contributed by atoms with van der Waals surface area (Å²) in [4.78, 5) is 15.1. The smallest absolute Gasteiger partial charge is 0.250 e. The fraction of sp³-hybridized carbons (Fsp3) is 0.300. The fourth-order valence-corrected chi connectivity index (χ4v) is 1.32. The summed E-state index contributed by atoms with van der Waals surface area (Å²) in [7, 11) is 0. The highest BCUT2D eigenvalue weighted by Gasteiger charge is 2.08. The normalized spacial score (nSPS) is 11.1. The van der Waals surface area contributed by atoms with E-state index in [0.717, 1.165) is 11.3 Å². The van der Waals surface area contributed by atoms with E-state index in [1.54, 1.807) is 23.0 Å². The first-order valence-corrected chi connectivity index (χ1v) is 4.73. The lowest BCUT2D eigenvalue weighted by Crippen LogP contribution is -2.09. The average molecular weight is 204 g/mol. The number of nitrogens with zero attached hydrogens (tertiary/aromatic N) is 3. The minimum atomic E-state index is -0.452. The van der Waals surface area contributed by atoms with Gasteiger partial charge in [0.05, 0.1) is 17.3 Å². The first kappa shape index (κ1) is 9.64. The van der Waals surface area contributed by atoms with Gasteiger partial charge in [-0.3, -0.25) is 4.79 Å². The van der Waals surface area contributed by atoms with Crippen molar-refractivity contribution in [2.45, 2.75) is 19.8 Å². The Morgan fingerprint density at radius 3 is 2.87 bits per heavy atom. The number of primary amides is 1. The van der Waals surface area contributed by atoms with Crippen molar-refractivity contribution in [1.29, 1.82) is 0 Å². The lowest BCUT2D eigenvalue weighted by molar-refractivity contribution is 0.100. The summed E-state index contributed by atoms with van der Waals surface area (Å²) in [5.41, 5.74) is 6.40. The molecule has 15 heavy (non-hydrogen) atoms. The van der Waals surface area contributed by atoms with E-state index in [4.69, 9.17) is 5.73 Å². The molecule has 2 aromatic rings. The maximum atomic E-state index is 11.0. The molecule has 0 atom stereocenters. The van der Waals surface area contributed by atoms with Gasteiger partial charge in [0.1, 0.15) is 0 Å². The molecule has 78 valence electrons. The van der Waals surface area contributed by atoms with E-state index < -0.39 is 5.91 Å². The van der Waals surface area contributed by atoms with Crippen LogP contribution in [0.5, 0.6) is 0 Å². The average Bonchev–Trinajstić information content (AvgIpc) is 2.59. The molecule has 0 saturated carbocycles. The van der Waals surface area contributed by atoms with Crippen LogP contribution in [0, 0.1) is 0 Å². The van der Waals surface area contributed by atoms with Crippen molar-refractivity contribution in [2.75, 3.05) is 0 Å². The summed E-state index contributed by atoms with van der Waals surface area (Å²) in [5.74, 6) is 0.551. The van der Waals surface area contributed by atoms with Gasteiger partial charge in [0, 0.05) is 12.1 Å². The van der Waals surface area contributed by atoms with Crippen LogP contribution in [0.4, 0.5) is 0 Å². The number of hydrogen-bond donors (Lipinski definition) is 1. The topological polar surface area (TPSA) is 73.3 Å². The summed E-state index contributed by atoms with van der Waals surface area (Å²) < 4.78 is 1.63. The Morgan fingerprint density at radius 2 is 2.27 bits per heavy atom. The summed E-state index contributed by atoms with van der Waals surface area (Å²) in [6.45, 7) is 4.03. The molecule has 0 radical (unpaired) electrons. The molecule has 2 heterocycles. The van der Waals surface area contributed by atoms with Crippen molar-refractivity contribution in [3.8, 4) is 0 Å². The highest BCUT2D eigenvalue weighted by molar-refractivity contribution is 5.94. The molecule has 0 spiro atoms. The molecule has 0 saturated heterocycles. The van der Waals surface area contributed by atoms with Crippen LogP contribution in [0.2, 0.25) is 0 Å². The van der Waals surface area contributed by atoms with Gasteiger partial charge in [-0.25, -0.2) is 9.50 Å². The minimum absolute atomic E-state index is 0.258. The third-order valence-corrected chi connectivity index (χ3v) is 2.17. The van der Waals surface area contributed by atoms with Crippen molar-refractivity contribution in [2.24, 2.45) is 5.73 Å². The van der Waals surface area contributed by atoms with E-state index in [2.05, 4.69) is 10.1 Å². The second-order valence-electron chi connectivity index (χ2n) is 3.73. The maximum Gasteiger partial charge on any atom is 0.250 e. The quantitative estimate of drug-likeness (QED) is 0.791. The molecule has 0 aromatic carbocycles. The highest BCUT2D eigenvalue weighted by atomic mass is 16.1. The SMILES string of the molecule is CC(C)c1ncc2cc(C(N)=O)cn2n1. The lowest BCUT2D eigenvalue weighted by atomic mass is 10.2. The van der Waals surface area contributed by atoms with Crippen LogP contribution in [0.1, 0.15) is 35.9 Å². The van der Waals surface area contributed by atoms with E-state index in [0.29, 0.717) is 5.56 Å². The third kappa shape index (κ3) is 1.68. The Labute approximate surface area is 86.9 Å². The number of amides is 1. The van der Waals surface area contributed by atoms with Crippen LogP contribution in [0.15, 0.2) is 18.5 Å². The van der Waals surface area contributed by atoms with E-state index in [1.807, 2.05) is 13.8 Å². The summed E-state index contributed by atoms with van der Waals surface area (Å²) in [5, 5.41) is 4.28. The van der Waals surface area contributed by atoms with Gasteiger partial charge in [0.15, 0.2) is 5.82 Å². The Bertz CT molecular complexity index is 515. The molecular formula is C10H12N4O. The highest BCUT2D eigenvalue weighted by Crippen LogP contribution is 2.11. The summed E-state index contributed by atoms with van der Waals surface area (Å²) >= 11 is 0. The van der Waals surface area contributed by atoms with Gasteiger partial charge in [-0.15, -0.1) is 0 Å². The Kier molecular flexibility index (Phi) is 2.15. The van der Waals surface area contributed by atoms with Crippen LogP contribution in [-0.2, 0) is 0 Å². The van der Waals surface area contributed by atoms with E-state index in [-0.39, 0.29) is 5.92 Å². The first-order valence-electron chi connectivity index (χ1n) is 4.73. The lowest BCUT2D eigenvalue weighted by Gasteiger charge is -2.02. The van der Waals surface area contributed by atoms with Gasteiger partial charge in [-0.1, -0.05) is 13.8 Å². The molecule has 5 nitrogen and oxygen atoms in total. The first-order chi connectivity index (χ1) is 7.08. The van der Waals surface area contributed by atoms with Crippen molar-refractivity contribution in [3.63, 3.8) is 0 Å². The van der Waals surface area contributed by atoms with Crippen molar-refractivity contribution >= 4 is 11.4 Å². The maximum absolute atomic E-state index is 11.0. The molecule has 0 unspecified atom stereocenters. The number of hydrogen-bond acceptors (Lipinski definition) is 3. The number of nitrogens with two attached hydrogens (primary N) is 1. The van der Waals surface area contributed by atoms with Gasteiger partial charge in [0.25, 0.3) is 0 Å². The zero-order valence-electron chi connectivity index (χ0n) is 8.64. The molecule has 0 aliphatic rings. The van der Waals surface area contributed by atoms with Crippen LogP contribution in [0.25, 0.3) is 5.52 Å². The predicted molar refractivity (Wildman–Crippen MR) is 55.6 cm³/mol. The zero-order valence-corrected chi connectivity index (χ0v) is 8.64. The van der Waals surface area contributed by atoms with Crippen LogP contribution in [0.3, 0.4) is 0 Å². The Hall–Kier alpha value is -1.91. The molecule has 2 rings (SSSR count). The molecule has 2 N–H and O–H groups in total. The van der Waals surface area contributed by atoms with E-state index >= 15 is 0 Å². The molecule has 1 amide bonds. The van der Waals surface area contributed by atoms with Crippen molar-refractivity contribution in [3.05, 3.63) is 29.8 Å². The van der Waals surface area contributed by atoms with Crippen LogP contribution >= 0.6 is 0 Å². The predicted octanol–water partition coefficient (Wildman–Crippen LogP) is 0.952. The van der Waals surface area contributed by atoms with Gasteiger partial charge in [0.2, 0.25) is 5.91 Å². The summed E-state index contributed by atoms with van der Waals surface area (Å²) in [6.07, 6.45) is 3.31. The zero-order chi connectivity index (χ0) is 11.0. The molecule has 0 bridgehead atoms. The van der Waals surface area contributed by atoms with Gasteiger partial charge in [-0.2, -0.15) is 5.10 Å². The van der Waals surface area contributed by atoms with Gasteiger partial charge < -0.3 is 5.73 Å². The molecule has 5 heteroatoms. The van der Waals surface area contributed by atoms with Gasteiger partial charge >= 0.3 is 0 Å². The summed E-state index contributed by atoms with van der Waals surface area (Å²) in [6, 6.07) is 1.67. The molecule has 0 aliphatic carbocycles. The third-order valence-electron chi connectivity index (χ3n) is 2.17.